The van der Waals surface area contributed by atoms with Gasteiger partial charge in [-0.2, -0.15) is 0 Å². The Morgan fingerprint density at radius 3 is 1.82 bits per heavy atom. The molecular formula is C16H30O. The van der Waals surface area contributed by atoms with Crippen LogP contribution in [0.4, 0.5) is 0 Å². The Morgan fingerprint density at radius 1 is 0.706 bits per heavy atom. The average Bonchev–Trinajstić information content (AvgIpc) is 2.35. The maximum absolute atomic E-state index is 8.63. The predicted octanol–water partition coefficient (Wildman–Crippen LogP) is 5.01. The zero-order valence-corrected chi connectivity index (χ0v) is 11.5. The van der Waals surface area contributed by atoms with E-state index in [0.29, 0.717) is 6.61 Å². The molecule has 0 aliphatic heterocycles. The largest absolute Gasteiger partial charge is 0.396 e. The minimum absolute atomic E-state index is 0.354. The molecule has 1 nitrogen and oxygen atoms in total. The van der Waals surface area contributed by atoms with Gasteiger partial charge < -0.3 is 5.11 Å². The van der Waals surface area contributed by atoms with Crippen LogP contribution in [0.1, 0.15) is 71.1 Å². The van der Waals surface area contributed by atoms with Gasteiger partial charge in [-0.05, 0) is 25.7 Å². The second-order valence-electron chi connectivity index (χ2n) is 4.63. The maximum Gasteiger partial charge on any atom is 0.0431 e. The van der Waals surface area contributed by atoms with Crippen molar-refractivity contribution in [1.29, 1.82) is 0 Å². The van der Waals surface area contributed by atoms with Gasteiger partial charge in [0.25, 0.3) is 0 Å². The van der Waals surface area contributed by atoms with Crippen molar-refractivity contribution in [2.75, 3.05) is 6.61 Å². The van der Waals surface area contributed by atoms with Gasteiger partial charge in [0, 0.05) is 6.61 Å². The smallest absolute Gasteiger partial charge is 0.0431 e. The van der Waals surface area contributed by atoms with E-state index in [2.05, 4.69) is 31.2 Å². The van der Waals surface area contributed by atoms with E-state index in [1.54, 1.807) is 0 Å². The Balaban J connectivity index is 3.11. The molecular weight excluding hydrogens is 208 g/mol. The first kappa shape index (κ1) is 16.4. The first-order valence-corrected chi connectivity index (χ1v) is 7.34. The molecule has 0 aromatic rings. The zero-order chi connectivity index (χ0) is 12.6. The summed E-state index contributed by atoms with van der Waals surface area (Å²) in [6.07, 6.45) is 21.3. The fraction of sp³-hybridized carbons (Fsp3) is 0.750. The molecule has 0 bridgehead atoms. The molecule has 0 heterocycles. The van der Waals surface area contributed by atoms with E-state index >= 15 is 0 Å². The molecule has 100 valence electrons. The normalized spacial score (nSPS) is 11.9. The minimum Gasteiger partial charge on any atom is -0.396 e. The van der Waals surface area contributed by atoms with E-state index in [1.165, 1.54) is 57.8 Å². The van der Waals surface area contributed by atoms with Crippen LogP contribution < -0.4 is 0 Å². The summed E-state index contributed by atoms with van der Waals surface area (Å²) >= 11 is 0. The van der Waals surface area contributed by atoms with Crippen LogP contribution in [-0.2, 0) is 0 Å². The van der Waals surface area contributed by atoms with Crippen molar-refractivity contribution in [3.05, 3.63) is 24.3 Å². The van der Waals surface area contributed by atoms with Crippen LogP contribution in [0.2, 0.25) is 0 Å². The van der Waals surface area contributed by atoms with Crippen LogP contribution in [0.15, 0.2) is 24.3 Å². The molecule has 0 fully saturated rings. The van der Waals surface area contributed by atoms with Gasteiger partial charge in [-0.25, -0.2) is 0 Å². The van der Waals surface area contributed by atoms with Crippen molar-refractivity contribution in [1.82, 2.24) is 0 Å². The summed E-state index contributed by atoms with van der Waals surface area (Å²) in [4.78, 5) is 0. The lowest BCUT2D eigenvalue weighted by Crippen LogP contribution is -1.83. The highest BCUT2D eigenvalue weighted by molar-refractivity contribution is 5.02. The fourth-order valence-electron chi connectivity index (χ4n) is 1.75. The highest BCUT2D eigenvalue weighted by Gasteiger charge is 1.89. The third-order valence-electron chi connectivity index (χ3n) is 2.89. The van der Waals surface area contributed by atoms with Crippen LogP contribution in [0.3, 0.4) is 0 Å². The summed E-state index contributed by atoms with van der Waals surface area (Å²) in [6, 6.07) is 0. The highest BCUT2D eigenvalue weighted by Crippen LogP contribution is 2.07. The van der Waals surface area contributed by atoms with Crippen molar-refractivity contribution < 1.29 is 5.11 Å². The molecule has 0 aromatic carbocycles. The molecule has 0 saturated carbocycles. The molecule has 0 atom stereocenters. The van der Waals surface area contributed by atoms with E-state index in [-0.39, 0.29) is 0 Å². The molecule has 0 unspecified atom stereocenters. The number of allylic oxidation sites excluding steroid dienone is 4. The van der Waals surface area contributed by atoms with Gasteiger partial charge in [0.05, 0.1) is 0 Å². The Bertz CT molecular complexity index is 182. The zero-order valence-electron chi connectivity index (χ0n) is 11.5. The van der Waals surface area contributed by atoms with Crippen LogP contribution in [-0.4, -0.2) is 11.7 Å². The number of unbranched alkanes of at least 4 members (excludes halogenated alkanes) is 8. The fourth-order valence-corrected chi connectivity index (χ4v) is 1.75. The average molecular weight is 238 g/mol. The molecule has 0 aliphatic carbocycles. The van der Waals surface area contributed by atoms with Gasteiger partial charge in [0.2, 0.25) is 0 Å². The van der Waals surface area contributed by atoms with Crippen molar-refractivity contribution in [3.63, 3.8) is 0 Å². The van der Waals surface area contributed by atoms with Gasteiger partial charge in [-0.1, -0.05) is 69.8 Å². The SMILES string of the molecule is CCCCC=CC=CCCCCCCCCO. The Hall–Kier alpha value is -0.560. The van der Waals surface area contributed by atoms with Gasteiger partial charge >= 0.3 is 0 Å². The predicted molar refractivity (Wildman–Crippen MR) is 77.2 cm³/mol. The first-order chi connectivity index (χ1) is 8.41. The van der Waals surface area contributed by atoms with E-state index in [4.69, 9.17) is 5.11 Å². The molecule has 0 aliphatic rings. The maximum atomic E-state index is 8.63. The van der Waals surface area contributed by atoms with E-state index in [1.807, 2.05) is 0 Å². The Kier molecular flexibility index (Phi) is 14.9. The van der Waals surface area contributed by atoms with Gasteiger partial charge in [-0.3, -0.25) is 0 Å². The van der Waals surface area contributed by atoms with Gasteiger partial charge in [0.15, 0.2) is 0 Å². The van der Waals surface area contributed by atoms with Crippen LogP contribution >= 0.6 is 0 Å². The lowest BCUT2D eigenvalue weighted by atomic mass is 10.1. The molecule has 0 amide bonds. The molecule has 17 heavy (non-hydrogen) atoms. The van der Waals surface area contributed by atoms with Crippen LogP contribution in [0.25, 0.3) is 0 Å². The summed E-state index contributed by atoms with van der Waals surface area (Å²) in [5.41, 5.74) is 0. The Labute approximate surface area is 108 Å². The topological polar surface area (TPSA) is 20.2 Å². The standard InChI is InChI=1S/C16H30O/c1-2-3-4-5-6-7-8-9-10-11-12-13-14-15-16-17/h5-8,17H,2-4,9-16H2,1H3. The second-order valence-corrected chi connectivity index (χ2v) is 4.63. The number of hydrogen-bond acceptors (Lipinski definition) is 1. The summed E-state index contributed by atoms with van der Waals surface area (Å²) in [5.74, 6) is 0. The molecule has 0 radical (unpaired) electrons. The number of aliphatic hydroxyl groups excluding tert-OH is 1. The van der Waals surface area contributed by atoms with E-state index < -0.39 is 0 Å². The molecule has 0 aromatic heterocycles. The molecule has 0 saturated heterocycles. The highest BCUT2D eigenvalue weighted by atomic mass is 16.2. The quantitative estimate of drug-likeness (QED) is 0.374. The number of hydrogen-bond donors (Lipinski definition) is 1. The number of aliphatic hydroxyl groups is 1. The lowest BCUT2D eigenvalue weighted by molar-refractivity contribution is 0.282. The van der Waals surface area contributed by atoms with Crippen molar-refractivity contribution in [2.45, 2.75) is 71.1 Å². The lowest BCUT2D eigenvalue weighted by Gasteiger charge is -1.98. The van der Waals surface area contributed by atoms with Crippen LogP contribution in [0, 0.1) is 0 Å². The van der Waals surface area contributed by atoms with Crippen molar-refractivity contribution >= 4 is 0 Å². The Morgan fingerprint density at radius 2 is 1.24 bits per heavy atom. The molecule has 1 N–H and O–H groups in total. The second kappa shape index (κ2) is 15.4. The van der Waals surface area contributed by atoms with E-state index in [0.717, 1.165) is 6.42 Å². The first-order valence-electron chi connectivity index (χ1n) is 7.34. The number of rotatable bonds is 12. The van der Waals surface area contributed by atoms with Gasteiger partial charge in [-0.15, -0.1) is 0 Å². The summed E-state index contributed by atoms with van der Waals surface area (Å²) in [6.45, 7) is 2.58. The summed E-state index contributed by atoms with van der Waals surface area (Å²) < 4.78 is 0. The monoisotopic (exact) mass is 238 g/mol. The van der Waals surface area contributed by atoms with Crippen molar-refractivity contribution in [2.24, 2.45) is 0 Å². The molecule has 1 heteroatoms. The minimum atomic E-state index is 0.354. The third-order valence-corrected chi connectivity index (χ3v) is 2.89. The third kappa shape index (κ3) is 15.4. The summed E-state index contributed by atoms with van der Waals surface area (Å²) in [7, 11) is 0. The van der Waals surface area contributed by atoms with Crippen LogP contribution in [0.5, 0.6) is 0 Å². The molecule has 0 spiro atoms. The summed E-state index contributed by atoms with van der Waals surface area (Å²) in [5, 5.41) is 8.63. The molecule has 0 rings (SSSR count). The van der Waals surface area contributed by atoms with E-state index in [9.17, 15) is 0 Å². The van der Waals surface area contributed by atoms with Gasteiger partial charge in [0.1, 0.15) is 0 Å². The van der Waals surface area contributed by atoms with Crippen molar-refractivity contribution in [3.8, 4) is 0 Å².